The highest BCUT2D eigenvalue weighted by molar-refractivity contribution is 7.92. The van der Waals surface area contributed by atoms with Crippen LogP contribution >= 0.6 is 0 Å². The lowest BCUT2D eigenvalue weighted by Crippen LogP contribution is -2.41. The molecule has 0 aliphatic rings. The molecular weight excluding hydrogens is 484 g/mol. The maximum Gasteiger partial charge on any atom is 0.232 e. The Kier molecular flexibility index (Phi) is 9.76. The third-order valence-corrected chi connectivity index (χ3v) is 8.32. The van der Waals surface area contributed by atoms with Gasteiger partial charge in [-0.15, -0.1) is 0 Å². The Hall–Kier alpha value is -2.87. The van der Waals surface area contributed by atoms with Crippen molar-refractivity contribution in [2.45, 2.75) is 38.7 Å². The topological polar surface area (TPSA) is 70.1 Å². The van der Waals surface area contributed by atoms with E-state index in [9.17, 15) is 13.5 Å². The Bertz CT molecular complexity index is 1230. The molecule has 1 N–H and O–H groups in total. The summed E-state index contributed by atoms with van der Waals surface area (Å²) in [5.41, 5.74) is 1.23. The van der Waals surface area contributed by atoms with Crippen molar-refractivity contribution in [2.75, 3.05) is 43.8 Å². The summed E-state index contributed by atoms with van der Waals surface area (Å²) in [7, 11) is -2.00. The minimum atomic E-state index is -3.62. The SMILES string of the molecule is CCC(c1ccc(OC)cc1)C(O)(c1ccccc1)c1ccccc1N(CCN(CC)CC)S(C)(=O)=O. The lowest BCUT2D eigenvalue weighted by atomic mass is 9.71. The van der Waals surface area contributed by atoms with Crippen LogP contribution in [0.3, 0.4) is 0 Å². The molecule has 3 aromatic rings. The maximum atomic E-state index is 13.1. The van der Waals surface area contributed by atoms with Gasteiger partial charge in [-0.2, -0.15) is 0 Å². The summed E-state index contributed by atoms with van der Waals surface area (Å²) < 4.78 is 33.0. The number of para-hydroxylation sites is 1. The van der Waals surface area contributed by atoms with Gasteiger partial charge in [0.25, 0.3) is 0 Å². The first-order chi connectivity index (χ1) is 17.7. The molecule has 0 amide bonds. The fourth-order valence-electron chi connectivity index (χ4n) is 5.10. The van der Waals surface area contributed by atoms with Crippen molar-refractivity contribution in [3.8, 4) is 5.75 Å². The highest BCUT2D eigenvalue weighted by Gasteiger charge is 2.43. The van der Waals surface area contributed by atoms with Gasteiger partial charge in [0, 0.05) is 24.6 Å². The minimum Gasteiger partial charge on any atom is -0.497 e. The smallest absolute Gasteiger partial charge is 0.232 e. The average molecular weight is 525 g/mol. The zero-order valence-corrected chi connectivity index (χ0v) is 23.4. The van der Waals surface area contributed by atoms with Crippen LogP contribution in [-0.4, -0.2) is 58.0 Å². The number of rotatable bonds is 13. The zero-order valence-electron chi connectivity index (χ0n) is 22.6. The number of hydrogen-bond donors (Lipinski definition) is 1. The van der Waals surface area contributed by atoms with Crippen LogP contribution in [0.25, 0.3) is 0 Å². The summed E-state index contributed by atoms with van der Waals surface area (Å²) in [6, 6.07) is 24.6. The van der Waals surface area contributed by atoms with E-state index in [2.05, 4.69) is 18.7 Å². The first-order valence-corrected chi connectivity index (χ1v) is 14.8. The van der Waals surface area contributed by atoms with Crippen LogP contribution in [0, 0.1) is 0 Å². The standard InChI is InChI=1S/C30H40N2O4S/c1-6-27(24-18-20-26(36-4)21-19-24)30(33,25-14-10-9-11-15-25)28-16-12-13-17-29(28)32(37(5,34)35)23-22-31(7-2)8-3/h9-21,27,33H,6-8,22-23H2,1-5H3. The van der Waals surface area contributed by atoms with Crippen LogP contribution < -0.4 is 9.04 Å². The van der Waals surface area contributed by atoms with Gasteiger partial charge in [-0.25, -0.2) is 8.42 Å². The summed E-state index contributed by atoms with van der Waals surface area (Å²) in [4.78, 5) is 2.19. The van der Waals surface area contributed by atoms with Gasteiger partial charge in [0.2, 0.25) is 10.0 Å². The van der Waals surface area contributed by atoms with E-state index in [1.54, 1.807) is 13.2 Å². The van der Waals surface area contributed by atoms with E-state index < -0.39 is 15.6 Å². The number of benzene rings is 3. The normalized spacial score (nSPS) is 14.2. The summed E-state index contributed by atoms with van der Waals surface area (Å²) in [5.74, 6) is 0.396. The lowest BCUT2D eigenvalue weighted by molar-refractivity contribution is 0.0482. The summed E-state index contributed by atoms with van der Waals surface area (Å²) in [6.07, 6.45) is 1.86. The molecule has 2 unspecified atom stereocenters. The molecule has 0 saturated heterocycles. The molecule has 3 aromatic carbocycles. The monoisotopic (exact) mass is 524 g/mol. The minimum absolute atomic E-state index is 0.293. The second kappa shape index (κ2) is 12.6. The molecule has 200 valence electrons. The summed E-state index contributed by atoms with van der Waals surface area (Å²) in [6.45, 7) is 8.72. The second-order valence-electron chi connectivity index (χ2n) is 9.25. The van der Waals surface area contributed by atoms with Crippen LogP contribution in [0.4, 0.5) is 5.69 Å². The lowest BCUT2D eigenvalue weighted by Gasteiger charge is -2.40. The van der Waals surface area contributed by atoms with Crippen molar-refractivity contribution in [1.82, 2.24) is 4.90 Å². The van der Waals surface area contributed by atoms with E-state index in [4.69, 9.17) is 4.74 Å². The van der Waals surface area contributed by atoms with E-state index in [1.807, 2.05) is 79.7 Å². The van der Waals surface area contributed by atoms with Crippen LogP contribution in [-0.2, 0) is 15.6 Å². The van der Waals surface area contributed by atoms with Gasteiger partial charge < -0.3 is 14.7 Å². The highest BCUT2D eigenvalue weighted by atomic mass is 32.2. The molecule has 0 saturated carbocycles. The van der Waals surface area contributed by atoms with Crippen LogP contribution in [0.1, 0.15) is 49.8 Å². The molecule has 0 fully saturated rings. The van der Waals surface area contributed by atoms with Crippen LogP contribution in [0.5, 0.6) is 5.75 Å². The van der Waals surface area contributed by atoms with E-state index in [0.29, 0.717) is 36.3 Å². The predicted molar refractivity (Wildman–Crippen MR) is 152 cm³/mol. The molecular formula is C30H40N2O4S. The number of anilines is 1. The van der Waals surface area contributed by atoms with Gasteiger partial charge in [-0.05, 0) is 48.8 Å². The molecule has 0 heterocycles. The van der Waals surface area contributed by atoms with Crippen molar-refractivity contribution >= 4 is 15.7 Å². The molecule has 0 aliphatic carbocycles. The fourth-order valence-corrected chi connectivity index (χ4v) is 6.03. The molecule has 3 rings (SSSR count). The molecule has 7 heteroatoms. The van der Waals surface area contributed by atoms with Crippen molar-refractivity contribution in [3.05, 3.63) is 95.6 Å². The van der Waals surface area contributed by atoms with Crippen molar-refractivity contribution < 1.29 is 18.3 Å². The van der Waals surface area contributed by atoms with E-state index >= 15 is 0 Å². The largest absolute Gasteiger partial charge is 0.497 e. The number of ether oxygens (including phenoxy) is 1. The van der Waals surface area contributed by atoms with E-state index in [1.165, 1.54) is 10.6 Å². The molecule has 0 bridgehead atoms. The highest BCUT2D eigenvalue weighted by Crippen LogP contribution is 2.48. The number of aliphatic hydroxyl groups is 1. The molecule has 2 atom stereocenters. The number of likely N-dealkylation sites (N-methyl/N-ethyl adjacent to an activating group) is 1. The quantitative estimate of drug-likeness (QED) is 0.331. The first kappa shape index (κ1) is 28.7. The van der Waals surface area contributed by atoms with Gasteiger partial charge in [-0.3, -0.25) is 4.31 Å². The van der Waals surface area contributed by atoms with E-state index in [-0.39, 0.29) is 5.92 Å². The Labute approximate surface area is 222 Å². The van der Waals surface area contributed by atoms with Gasteiger partial charge in [0.05, 0.1) is 19.1 Å². The molecule has 0 radical (unpaired) electrons. The van der Waals surface area contributed by atoms with Crippen molar-refractivity contribution in [2.24, 2.45) is 0 Å². The summed E-state index contributed by atoms with van der Waals surface area (Å²) in [5, 5.41) is 12.8. The molecule has 37 heavy (non-hydrogen) atoms. The van der Waals surface area contributed by atoms with Crippen molar-refractivity contribution in [3.63, 3.8) is 0 Å². The fraction of sp³-hybridized carbons (Fsp3) is 0.400. The summed E-state index contributed by atoms with van der Waals surface area (Å²) >= 11 is 0. The molecule has 0 aliphatic heterocycles. The Morgan fingerprint density at radius 3 is 2.00 bits per heavy atom. The molecule has 6 nitrogen and oxygen atoms in total. The Morgan fingerprint density at radius 1 is 0.865 bits per heavy atom. The second-order valence-corrected chi connectivity index (χ2v) is 11.2. The Balaban J connectivity index is 2.24. The zero-order chi connectivity index (χ0) is 27.1. The predicted octanol–water partition coefficient (Wildman–Crippen LogP) is 5.23. The third-order valence-electron chi connectivity index (χ3n) is 7.14. The van der Waals surface area contributed by atoms with Crippen LogP contribution in [0.2, 0.25) is 0 Å². The van der Waals surface area contributed by atoms with Crippen LogP contribution in [0.15, 0.2) is 78.9 Å². The third kappa shape index (κ3) is 6.35. The van der Waals surface area contributed by atoms with E-state index in [0.717, 1.165) is 24.4 Å². The van der Waals surface area contributed by atoms with Gasteiger partial charge in [0.1, 0.15) is 11.4 Å². The number of nitrogens with zero attached hydrogens (tertiary/aromatic N) is 2. The Morgan fingerprint density at radius 2 is 1.46 bits per heavy atom. The molecule has 0 aromatic heterocycles. The van der Waals surface area contributed by atoms with Gasteiger partial charge in [0.15, 0.2) is 0 Å². The van der Waals surface area contributed by atoms with Gasteiger partial charge >= 0.3 is 0 Å². The first-order valence-electron chi connectivity index (χ1n) is 12.9. The number of sulfonamides is 1. The molecule has 0 spiro atoms. The maximum absolute atomic E-state index is 13.1. The average Bonchev–Trinajstić information content (AvgIpc) is 2.91. The van der Waals surface area contributed by atoms with Crippen molar-refractivity contribution in [1.29, 1.82) is 0 Å². The number of methoxy groups -OCH3 is 1. The van der Waals surface area contributed by atoms with Gasteiger partial charge in [-0.1, -0.05) is 81.4 Å². The number of hydrogen-bond acceptors (Lipinski definition) is 5.